The van der Waals surface area contributed by atoms with Gasteiger partial charge in [-0.1, -0.05) is 0 Å². The minimum atomic E-state index is -0.916. The van der Waals surface area contributed by atoms with E-state index in [0.717, 1.165) is 25.7 Å². The van der Waals surface area contributed by atoms with E-state index in [4.69, 9.17) is 18.9 Å². The number of rotatable bonds is 2. The van der Waals surface area contributed by atoms with Gasteiger partial charge in [0, 0.05) is 39.5 Å². The third-order valence-corrected chi connectivity index (χ3v) is 4.47. The smallest absolute Gasteiger partial charge is 0.337 e. The Balaban J connectivity index is 1.64. The first-order chi connectivity index (χ1) is 11.1. The average Bonchev–Trinajstić information content (AvgIpc) is 2.43. The molecule has 132 valence electrons. The second-order valence-electron chi connectivity index (χ2n) is 7.49. The maximum Gasteiger partial charge on any atom is 0.337 e. The standard InChI is InChI=1S/C18H24O6/c1-17(2)21-13(9-15(19)23-17)11-5-7-12(8-6-11)14-10-16(20)24-18(3,4)22-14/h9-12H,5-8H2,1-4H3. The number of allylic oxidation sites excluding steroid dienone is 2. The molecule has 0 aromatic heterocycles. The molecule has 24 heavy (non-hydrogen) atoms. The van der Waals surface area contributed by atoms with Crippen LogP contribution < -0.4 is 0 Å². The van der Waals surface area contributed by atoms with E-state index in [9.17, 15) is 9.59 Å². The largest absolute Gasteiger partial charge is 0.457 e. The van der Waals surface area contributed by atoms with Crippen LogP contribution in [0.5, 0.6) is 0 Å². The fourth-order valence-electron chi connectivity index (χ4n) is 3.51. The zero-order valence-electron chi connectivity index (χ0n) is 14.6. The van der Waals surface area contributed by atoms with Gasteiger partial charge in [0.1, 0.15) is 11.5 Å². The highest BCUT2D eigenvalue weighted by Gasteiger charge is 2.38. The molecular formula is C18H24O6. The topological polar surface area (TPSA) is 71.1 Å². The van der Waals surface area contributed by atoms with Gasteiger partial charge in [-0.15, -0.1) is 0 Å². The van der Waals surface area contributed by atoms with Crippen molar-refractivity contribution in [3.63, 3.8) is 0 Å². The molecule has 0 bridgehead atoms. The van der Waals surface area contributed by atoms with E-state index in [-0.39, 0.29) is 23.8 Å². The Kier molecular flexibility index (Phi) is 4.10. The van der Waals surface area contributed by atoms with E-state index in [1.807, 2.05) is 0 Å². The second kappa shape index (κ2) is 5.83. The third-order valence-electron chi connectivity index (χ3n) is 4.47. The molecular weight excluding hydrogens is 312 g/mol. The van der Waals surface area contributed by atoms with Crippen LogP contribution in [0.15, 0.2) is 23.7 Å². The molecule has 1 saturated carbocycles. The number of carbonyl (C=O) groups excluding carboxylic acids is 2. The van der Waals surface area contributed by atoms with Gasteiger partial charge in [0.15, 0.2) is 0 Å². The SMILES string of the molecule is CC1(C)OC(=O)C=C(C2CCC(C3=CC(=O)OC(C)(C)O3)CC2)O1. The van der Waals surface area contributed by atoms with E-state index in [1.165, 1.54) is 12.2 Å². The first-order valence-corrected chi connectivity index (χ1v) is 8.41. The Morgan fingerprint density at radius 3 is 1.33 bits per heavy atom. The highest BCUT2D eigenvalue weighted by Crippen LogP contribution is 2.41. The van der Waals surface area contributed by atoms with Crippen LogP contribution in [-0.2, 0) is 28.5 Å². The van der Waals surface area contributed by atoms with Gasteiger partial charge in [-0.2, -0.15) is 0 Å². The molecule has 0 spiro atoms. The first kappa shape index (κ1) is 16.9. The van der Waals surface area contributed by atoms with Crippen LogP contribution in [-0.4, -0.2) is 23.5 Å². The molecule has 0 amide bonds. The Hall–Kier alpha value is -1.98. The lowest BCUT2D eigenvalue weighted by molar-refractivity contribution is -0.212. The van der Waals surface area contributed by atoms with Crippen LogP contribution in [0, 0.1) is 11.8 Å². The lowest BCUT2D eigenvalue weighted by Gasteiger charge is -2.38. The van der Waals surface area contributed by atoms with Crippen LogP contribution >= 0.6 is 0 Å². The van der Waals surface area contributed by atoms with E-state index >= 15 is 0 Å². The average molecular weight is 336 g/mol. The molecule has 0 aromatic carbocycles. The Morgan fingerprint density at radius 2 is 1.04 bits per heavy atom. The van der Waals surface area contributed by atoms with Crippen LogP contribution in [0.2, 0.25) is 0 Å². The molecule has 1 fully saturated rings. The van der Waals surface area contributed by atoms with Crippen molar-refractivity contribution < 1.29 is 28.5 Å². The van der Waals surface area contributed by atoms with Crippen LogP contribution in [0.4, 0.5) is 0 Å². The summed E-state index contributed by atoms with van der Waals surface area (Å²) < 4.78 is 21.9. The summed E-state index contributed by atoms with van der Waals surface area (Å²) in [4.78, 5) is 23.4. The molecule has 0 unspecified atom stereocenters. The number of cyclic esters (lactones) is 2. The van der Waals surface area contributed by atoms with Gasteiger partial charge in [0.25, 0.3) is 0 Å². The van der Waals surface area contributed by atoms with Gasteiger partial charge < -0.3 is 18.9 Å². The minimum Gasteiger partial charge on any atom is -0.457 e. The van der Waals surface area contributed by atoms with Crippen molar-refractivity contribution in [1.82, 2.24) is 0 Å². The predicted molar refractivity (Wildman–Crippen MR) is 84.1 cm³/mol. The summed E-state index contributed by atoms with van der Waals surface area (Å²) in [6.45, 7) is 6.94. The number of hydrogen-bond donors (Lipinski definition) is 0. The summed E-state index contributed by atoms with van der Waals surface area (Å²) in [6, 6.07) is 0. The molecule has 2 aliphatic heterocycles. The Morgan fingerprint density at radius 1 is 0.708 bits per heavy atom. The summed E-state index contributed by atoms with van der Waals surface area (Å²) in [6.07, 6.45) is 6.39. The van der Waals surface area contributed by atoms with Crippen LogP contribution in [0.1, 0.15) is 53.4 Å². The highest BCUT2D eigenvalue weighted by atomic mass is 16.7. The lowest BCUT2D eigenvalue weighted by Crippen LogP contribution is -2.38. The first-order valence-electron chi connectivity index (χ1n) is 8.41. The lowest BCUT2D eigenvalue weighted by atomic mass is 9.79. The minimum absolute atomic E-state index is 0.192. The quantitative estimate of drug-likeness (QED) is 0.721. The van der Waals surface area contributed by atoms with Crippen molar-refractivity contribution in [2.75, 3.05) is 0 Å². The molecule has 6 nitrogen and oxygen atoms in total. The summed E-state index contributed by atoms with van der Waals surface area (Å²) in [5.41, 5.74) is 0. The molecule has 0 aromatic rings. The third kappa shape index (κ3) is 3.74. The molecule has 3 aliphatic rings. The van der Waals surface area contributed by atoms with Crippen molar-refractivity contribution in [3.05, 3.63) is 23.7 Å². The zero-order chi connectivity index (χ0) is 17.5. The van der Waals surface area contributed by atoms with Gasteiger partial charge in [-0.3, -0.25) is 0 Å². The predicted octanol–water partition coefficient (Wildman–Crippen LogP) is 3.18. The van der Waals surface area contributed by atoms with Crippen LogP contribution in [0.25, 0.3) is 0 Å². The Labute approximate surface area is 141 Å². The van der Waals surface area contributed by atoms with Crippen molar-refractivity contribution in [3.8, 4) is 0 Å². The number of esters is 2. The normalized spacial score (nSPS) is 31.7. The second-order valence-corrected chi connectivity index (χ2v) is 7.49. The molecule has 6 heteroatoms. The molecule has 0 saturated heterocycles. The van der Waals surface area contributed by atoms with Gasteiger partial charge in [-0.05, 0) is 25.7 Å². The maximum absolute atomic E-state index is 11.7. The van der Waals surface area contributed by atoms with E-state index in [2.05, 4.69) is 0 Å². The van der Waals surface area contributed by atoms with Gasteiger partial charge in [-0.25, -0.2) is 9.59 Å². The molecule has 0 N–H and O–H groups in total. The monoisotopic (exact) mass is 336 g/mol. The molecule has 0 radical (unpaired) electrons. The Bertz CT molecular complexity index is 551. The number of hydrogen-bond acceptors (Lipinski definition) is 6. The summed E-state index contributed by atoms with van der Waals surface area (Å²) in [5, 5.41) is 0. The highest BCUT2D eigenvalue weighted by molar-refractivity contribution is 5.84. The fraction of sp³-hybridized carbons (Fsp3) is 0.667. The van der Waals surface area contributed by atoms with Crippen molar-refractivity contribution in [2.45, 2.75) is 65.0 Å². The summed E-state index contributed by atoms with van der Waals surface area (Å²) >= 11 is 0. The van der Waals surface area contributed by atoms with E-state index in [1.54, 1.807) is 27.7 Å². The van der Waals surface area contributed by atoms with Crippen LogP contribution in [0.3, 0.4) is 0 Å². The molecule has 0 atom stereocenters. The molecule has 1 aliphatic carbocycles. The number of ether oxygens (including phenoxy) is 4. The van der Waals surface area contributed by atoms with E-state index < -0.39 is 11.6 Å². The fourth-order valence-corrected chi connectivity index (χ4v) is 3.51. The molecule has 2 heterocycles. The van der Waals surface area contributed by atoms with Gasteiger partial charge in [0.2, 0.25) is 11.6 Å². The van der Waals surface area contributed by atoms with Gasteiger partial charge in [0.05, 0.1) is 12.2 Å². The maximum atomic E-state index is 11.7. The summed E-state index contributed by atoms with van der Waals surface area (Å²) in [7, 11) is 0. The zero-order valence-corrected chi connectivity index (χ0v) is 14.6. The number of carbonyl (C=O) groups is 2. The van der Waals surface area contributed by atoms with Crippen molar-refractivity contribution in [1.29, 1.82) is 0 Å². The summed E-state index contributed by atoms with van der Waals surface area (Å²) in [5.74, 6) is -0.755. The van der Waals surface area contributed by atoms with E-state index in [0.29, 0.717) is 11.5 Å². The van der Waals surface area contributed by atoms with Gasteiger partial charge >= 0.3 is 11.9 Å². The van der Waals surface area contributed by atoms with Crippen molar-refractivity contribution >= 4 is 11.9 Å². The van der Waals surface area contributed by atoms with Crippen molar-refractivity contribution in [2.24, 2.45) is 11.8 Å². The molecule has 3 rings (SSSR count).